The van der Waals surface area contributed by atoms with Crippen LogP contribution in [0.25, 0.3) is 0 Å². The molecule has 0 spiro atoms. The van der Waals surface area contributed by atoms with Gasteiger partial charge in [-0.05, 0) is 54.6 Å². The van der Waals surface area contributed by atoms with Gasteiger partial charge in [-0.3, -0.25) is 4.79 Å². The van der Waals surface area contributed by atoms with Gasteiger partial charge >= 0.3 is 0 Å². The van der Waals surface area contributed by atoms with Gasteiger partial charge in [-0.2, -0.15) is 4.31 Å². The van der Waals surface area contributed by atoms with E-state index in [1.807, 2.05) is 0 Å². The molecule has 1 N–H and O–H groups in total. The van der Waals surface area contributed by atoms with Gasteiger partial charge in [-0.25, -0.2) is 8.42 Å². The van der Waals surface area contributed by atoms with Crippen LogP contribution in [0.4, 0.5) is 5.69 Å². The minimum Gasteiger partial charge on any atom is -0.324 e. The van der Waals surface area contributed by atoms with Crippen molar-refractivity contribution in [2.75, 3.05) is 11.9 Å². The summed E-state index contributed by atoms with van der Waals surface area (Å²) >= 11 is 30.4. The third-order valence-corrected chi connectivity index (χ3v) is 7.70. The van der Waals surface area contributed by atoms with E-state index in [4.69, 9.17) is 58.0 Å². The lowest BCUT2D eigenvalue weighted by Gasteiger charge is -2.23. The molecule has 0 aromatic heterocycles. The number of carbonyl (C=O) groups is 1. The van der Waals surface area contributed by atoms with Crippen molar-refractivity contribution in [1.82, 2.24) is 4.31 Å². The first-order valence-electron chi connectivity index (χ1n) is 9.01. The molecule has 0 unspecified atom stereocenters. The largest absolute Gasteiger partial charge is 0.324 e. The second-order valence-electron chi connectivity index (χ2n) is 6.60. The summed E-state index contributed by atoms with van der Waals surface area (Å²) in [6.07, 6.45) is 0. The Balaban J connectivity index is 1.95. The number of carbonyl (C=O) groups excluding carboxylic acids is 1. The van der Waals surface area contributed by atoms with E-state index in [1.54, 1.807) is 24.3 Å². The van der Waals surface area contributed by atoms with Gasteiger partial charge in [0.2, 0.25) is 15.9 Å². The highest BCUT2D eigenvalue weighted by Gasteiger charge is 2.28. The normalized spacial score (nSPS) is 11.6. The molecule has 32 heavy (non-hydrogen) atoms. The van der Waals surface area contributed by atoms with Crippen LogP contribution in [0.15, 0.2) is 65.6 Å². The number of anilines is 1. The molecule has 3 aromatic carbocycles. The fourth-order valence-electron chi connectivity index (χ4n) is 2.78. The lowest BCUT2D eigenvalue weighted by molar-refractivity contribution is -0.116. The number of amides is 1. The Morgan fingerprint density at radius 1 is 0.812 bits per heavy atom. The molecule has 0 radical (unpaired) electrons. The lowest BCUT2D eigenvalue weighted by Crippen LogP contribution is -2.37. The van der Waals surface area contributed by atoms with Crippen molar-refractivity contribution in [3.05, 3.63) is 91.3 Å². The fraction of sp³-hybridized carbons (Fsp3) is 0.0952. The molecule has 0 saturated carbocycles. The average molecular weight is 553 g/mol. The molecule has 0 aliphatic heterocycles. The number of nitrogens with one attached hydrogen (secondary N) is 1. The van der Waals surface area contributed by atoms with E-state index < -0.39 is 22.5 Å². The van der Waals surface area contributed by atoms with E-state index in [9.17, 15) is 13.2 Å². The number of rotatable bonds is 7. The van der Waals surface area contributed by atoms with Crippen LogP contribution in [0.3, 0.4) is 0 Å². The predicted octanol–water partition coefficient (Wildman–Crippen LogP) is 6.78. The fourth-order valence-corrected chi connectivity index (χ4v) is 5.13. The standard InChI is InChI=1S/C21H15Cl5N2O3S/c22-13-4-7-15(8-5-13)32(30,31)28(11-16-17(24)2-1-3-18(16)25)12-21(29)27-20-10-14(23)6-9-19(20)26/h1-10H,11-12H2,(H,27,29). The van der Waals surface area contributed by atoms with Gasteiger partial charge in [0.1, 0.15) is 0 Å². The van der Waals surface area contributed by atoms with E-state index in [0.717, 1.165) is 4.31 Å². The Morgan fingerprint density at radius 3 is 2.03 bits per heavy atom. The SMILES string of the molecule is O=C(CN(Cc1c(Cl)cccc1Cl)S(=O)(=O)c1ccc(Cl)cc1)Nc1cc(Cl)ccc1Cl. The predicted molar refractivity (Wildman–Crippen MR) is 131 cm³/mol. The molecule has 1 amide bonds. The molecule has 0 heterocycles. The molecular formula is C21H15Cl5N2O3S. The first-order valence-corrected chi connectivity index (χ1v) is 12.3. The zero-order valence-corrected chi connectivity index (χ0v) is 20.8. The molecule has 3 aromatic rings. The van der Waals surface area contributed by atoms with Gasteiger partial charge in [0.25, 0.3) is 0 Å². The Bertz CT molecular complexity index is 1230. The van der Waals surface area contributed by atoms with Crippen molar-refractivity contribution in [2.24, 2.45) is 0 Å². The summed E-state index contributed by atoms with van der Waals surface area (Å²) in [6.45, 7) is -0.768. The minimum atomic E-state index is -4.12. The molecule has 11 heteroatoms. The number of nitrogens with zero attached hydrogens (tertiary/aromatic N) is 1. The molecule has 0 atom stereocenters. The summed E-state index contributed by atoms with van der Waals surface area (Å²) < 4.78 is 27.7. The van der Waals surface area contributed by atoms with Crippen molar-refractivity contribution in [3.8, 4) is 0 Å². The van der Waals surface area contributed by atoms with Crippen LogP contribution in [0.5, 0.6) is 0 Å². The summed E-state index contributed by atoms with van der Waals surface area (Å²) in [6, 6.07) is 15.0. The molecule has 0 fully saturated rings. The molecule has 5 nitrogen and oxygen atoms in total. The van der Waals surface area contributed by atoms with Crippen LogP contribution in [0.1, 0.15) is 5.56 Å². The Kier molecular flexibility index (Phi) is 8.33. The van der Waals surface area contributed by atoms with Gasteiger partial charge in [-0.15, -0.1) is 0 Å². The maximum atomic E-state index is 13.3. The van der Waals surface area contributed by atoms with Crippen molar-refractivity contribution >= 4 is 79.6 Å². The maximum absolute atomic E-state index is 13.3. The van der Waals surface area contributed by atoms with Gasteiger partial charge in [0.15, 0.2) is 0 Å². The van der Waals surface area contributed by atoms with E-state index in [-0.39, 0.29) is 32.2 Å². The number of sulfonamides is 1. The summed E-state index contributed by atoms with van der Waals surface area (Å²) in [7, 11) is -4.12. The highest BCUT2D eigenvalue weighted by atomic mass is 35.5. The highest BCUT2D eigenvalue weighted by molar-refractivity contribution is 7.89. The Hall–Kier alpha value is -1.51. The van der Waals surface area contributed by atoms with Gasteiger partial charge in [0.05, 0.1) is 22.2 Å². The van der Waals surface area contributed by atoms with Crippen molar-refractivity contribution in [2.45, 2.75) is 11.4 Å². The summed E-state index contributed by atoms with van der Waals surface area (Å²) in [4.78, 5) is 12.7. The minimum absolute atomic E-state index is 0.0429. The smallest absolute Gasteiger partial charge is 0.243 e. The average Bonchev–Trinajstić information content (AvgIpc) is 2.73. The molecule has 0 saturated heterocycles. The van der Waals surface area contributed by atoms with E-state index in [1.165, 1.54) is 36.4 Å². The van der Waals surface area contributed by atoms with Crippen molar-refractivity contribution in [3.63, 3.8) is 0 Å². The number of halogens is 5. The molecule has 168 valence electrons. The second-order valence-corrected chi connectivity index (χ2v) is 10.6. The maximum Gasteiger partial charge on any atom is 0.243 e. The van der Waals surface area contributed by atoms with Crippen LogP contribution in [-0.4, -0.2) is 25.2 Å². The summed E-state index contributed by atoms with van der Waals surface area (Å²) in [5.41, 5.74) is 0.616. The quantitative estimate of drug-likeness (QED) is 0.351. The van der Waals surface area contributed by atoms with Crippen LogP contribution < -0.4 is 5.32 Å². The van der Waals surface area contributed by atoms with Crippen LogP contribution in [-0.2, 0) is 21.4 Å². The zero-order chi connectivity index (χ0) is 23.5. The first-order chi connectivity index (χ1) is 15.1. The van der Waals surface area contributed by atoms with Crippen molar-refractivity contribution < 1.29 is 13.2 Å². The van der Waals surface area contributed by atoms with Gasteiger partial charge < -0.3 is 5.32 Å². The van der Waals surface area contributed by atoms with E-state index >= 15 is 0 Å². The highest BCUT2D eigenvalue weighted by Crippen LogP contribution is 2.29. The molecule has 0 bridgehead atoms. The summed E-state index contributed by atoms with van der Waals surface area (Å²) in [5.74, 6) is -0.630. The topological polar surface area (TPSA) is 66.5 Å². The van der Waals surface area contributed by atoms with E-state index in [0.29, 0.717) is 15.6 Å². The van der Waals surface area contributed by atoms with Gasteiger partial charge in [-0.1, -0.05) is 64.1 Å². The van der Waals surface area contributed by atoms with Gasteiger partial charge in [0, 0.05) is 32.2 Å². The summed E-state index contributed by atoms with van der Waals surface area (Å²) in [5, 5.41) is 4.11. The monoisotopic (exact) mass is 550 g/mol. The number of hydrogen-bond donors (Lipinski definition) is 1. The Labute approximate surface area is 210 Å². The van der Waals surface area contributed by atoms with Crippen LogP contribution in [0, 0.1) is 0 Å². The Morgan fingerprint density at radius 2 is 1.41 bits per heavy atom. The number of hydrogen-bond acceptors (Lipinski definition) is 3. The lowest BCUT2D eigenvalue weighted by atomic mass is 10.2. The molecule has 0 aliphatic rings. The molecule has 0 aliphatic carbocycles. The number of benzene rings is 3. The first kappa shape index (κ1) is 25.1. The zero-order valence-electron chi connectivity index (χ0n) is 16.2. The molecular weight excluding hydrogens is 538 g/mol. The van der Waals surface area contributed by atoms with Crippen LogP contribution >= 0.6 is 58.0 Å². The molecule has 3 rings (SSSR count). The third-order valence-electron chi connectivity index (χ3n) is 4.37. The second kappa shape index (κ2) is 10.6. The van der Waals surface area contributed by atoms with Crippen molar-refractivity contribution in [1.29, 1.82) is 0 Å². The van der Waals surface area contributed by atoms with Crippen LogP contribution in [0.2, 0.25) is 25.1 Å². The third kappa shape index (κ3) is 6.08. The van der Waals surface area contributed by atoms with E-state index in [2.05, 4.69) is 5.32 Å².